The predicted molar refractivity (Wildman–Crippen MR) is 201 cm³/mol. The second-order valence-corrected chi connectivity index (χ2v) is 12.5. The molecule has 3 amide bonds. The number of nitrogens with zero attached hydrogens (tertiary/aromatic N) is 1. The van der Waals surface area contributed by atoms with Crippen LogP contribution in [0.5, 0.6) is 23.0 Å². The van der Waals surface area contributed by atoms with E-state index in [1.54, 1.807) is 60.7 Å². The van der Waals surface area contributed by atoms with Crippen LogP contribution in [0.15, 0.2) is 107 Å². The Kier molecular flexibility index (Phi) is 12.7. The third-order valence-electron chi connectivity index (χ3n) is 7.24. The summed E-state index contributed by atoms with van der Waals surface area (Å²) >= 11 is 2.65. The van der Waals surface area contributed by atoms with Crippen LogP contribution in [0.3, 0.4) is 0 Å². The van der Waals surface area contributed by atoms with Gasteiger partial charge in [-0.25, -0.2) is 4.98 Å². The average molecular weight is 725 g/mol. The maximum Gasteiger partial charge on any atom is 0.272 e. The van der Waals surface area contributed by atoms with Crippen LogP contribution in [0.25, 0.3) is 17.3 Å². The minimum Gasteiger partial charge on any atom is -0.496 e. The van der Waals surface area contributed by atoms with E-state index in [0.717, 1.165) is 21.9 Å². The number of thioether (sulfide) groups is 1. The Labute approximate surface area is 304 Å². The zero-order chi connectivity index (χ0) is 36.2. The number of hydrogen-bond donors (Lipinski definition) is 3. The summed E-state index contributed by atoms with van der Waals surface area (Å²) < 4.78 is 21.9. The number of thiazole rings is 1. The van der Waals surface area contributed by atoms with Crippen molar-refractivity contribution in [3.8, 4) is 34.3 Å². The second kappa shape index (κ2) is 17.7. The fourth-order valence-electron chi connectivity index (χ4n) is 4.78. The van der Waals surface area contributed by atoms with Crippen LogP contribution in [0, 0.1) is 0 Å². The van der Waals surface area contributed by atoms with Gasteiger partial charge in [0.25, 0.3) is 11.8 Å². The summed E-state index contributed by atoms with van der Waals surface area (Å²) in [6.45, 7) is 2.52. The molecule has 11 nitrogen and oxygen atoms in total. The van der Waals surface area contributed by atoms with Crippen molar-refractivity contribution in [2.75, 3.05) is 44.3 Å². The van der Waals surface area contributed by atoms with Crippen molar-refractivity contribution in [1.82, 2.24) is 10.3 Å². The molecule has 0 fully saturated rings. The van der Waals surface area contributed by atoms with Crippen molar-refractivity contribution in [3.05, 3.63) is 113 Å². The van der Waals surface area contributed by atoms with Crippen LogP contribution >= 0.6 is 23.1 Å². The highest BCUT2D eigenvalue weighted by molar-refractivity contribution is 8.00. The van der Waals surface area contributed by atoms with Crippen molar-refractivity contribution in [1.29, 1.82) is 0 Å². The van der Waals surface area contributed by atoms with Crippen LogP contribution in [0.2, 0.25) is 0 Å². The number of anilines is 2. The van der Waals surface area contributed by atoms with Crippen LogP contribution in [-0.2, 0) is 9.59 Å². The highest BCUT2D eigenvalue weighted by atomic mass is 32.2. The number of hydrogen-bond acceptors (Lipinski definition) is 10. The van der Waals surface area contributed by atoms with Crippen molar-refractivity contribution >= 4 is 57.7 Å². The number of methoxy groups -OCH3 is 3. The summed E-state index contributed by atoms with van der Waals surface area (Å²) in [5.41, 5.74) is 2.94. The first kappa shape index (κ1) is 36.5. The Morgan fingerprint density at radius 2 is 1.55 bits per heavy atom. The SMILES string of the molecule is CCOc1ccc(-c2csc(NC(=O)CSc3cccc(NC(=O)/C(=C\c4cc(OC)c(OC)cc4OC)NC(=O)c4ccccc4)c3)n2)cc1. The molecule has 0 aliphatic rings. The third-order valence-corrected chi connectivity index (χ3v) is 8.99. The van der Waals surface area contributed by atoms with E-state index in [1.807, 2.05) is 42.6 Å². The van der Waals surface area contributed by atoms with Gasteiger partial charge in [-0.15, -0.1) is 23.1 Å². The minimum atomic E-state index is -0.580. The fraction of sp³-hybridized carbons (Fsp3) is 0.158. The average Bonchev–Trinajstić information content (AvgIpc) is 3.62. The minimum absolute atomic E-state index is 0.0418. The summed E-state index contributed by atoms with van der Waals surface area (Å²) in [5, 5.41) is 10.8. The normalized spacial score (nSPS) is 10.9. The third kappa shape index (κ3) is 9.90. The predicted octanol–water partition coefficient (Wildman–Crippen LogP) is 7.38. The van der Waals surface area contributed by atoms with Gasteiger partial charge in [0.1, 0.15) is 17.2 Å². The van der Waals surface area contributed by atoms with Gasteiger partial charge in [0.15, 0.2) is 16.6 Å². The van der Waals surface area contributed by atoms with Crippen molar-refractivity contribution in [2.45, 2.75) is 11.8 Å². The molecule has 0 bridgehead atoms. The van der Waals surface area contributed by atoms with Crippen LogP contribution in [0.4, 0.5) is 10.8 Å². The Balaban J connectivity index is 1.27. The standard InChI is InChI=1S/C38H36N4O7S2/c1-5-49-28-16-14-24(15-17-28)31-22-51-38(41-31)42-35(43)23-50-29-13-9-12-27(20-29)39-37(45)30(40-36(44)25-10-7-6-8-11-25)18-26-19-33(47-3)34(48-4)21-32(26)46-2/h6-22H,5,23H2,1-4H3,(H,39,45)(H,40,44)(H,41,42,43)/b30-18+. The number of carbonyl (C=O) groups excluding carboxylic acids is 3. The lowest BCUT2D eigenvalue weighted by atomic mass is 10.1. The van der Waals surface area contributed by atoms with Gasteiger partial charge in [0.05, 0.1) is 39.4 Å². The van der Waals surface area contributed by atoms with E-state index >= 15 is 0 Å². The molecule has 13 heteroatoms. The largest absolute Gasteiger partial charge is 0.496 e. The van der Waals surface area contributed by atoms with Gasteiger partial charge in [-0.2, -0.15) is 0 Å². The molecule has 0 atom stereocenters. The molecule has 0 aliphatic heterocycles. The van der Waals surface area contributed by atoms with E-state index < -0.39 is 11.8 Å². The first-order valence-corrected chi connectivity index (χ1v) is 17.6. The van der Waals surface area contributed by atoms with E-state index in [9.17, 15) is 14.4 Å². The summed E-state index contributed by atoms with van der Waals surface area (Å²) in [6.07, 6.45) is 1.50. The monoisotopic (exact) mass is 724 g/mol. The summed E-state index contributed by atoms with van der Waals surface area (Å²) in [7, 11) is 4.49. The quantitative estimate of drug-likeness (QED) is 0.0747. The molecule has 1 heterocycles. The molecular formula is C38H36N4O7S2. The Hall–Kier alpha value is -5.79. The van der Waals surface area contributed by atoms with E-state index in [4.69, 9.17) is 18.9 Å². The molecule has 262 valence electrons. The zero-order valence-electron chi connectivity index (χ0n) is 28.4. The van der Waals surface area contributed by atoms with Crippen molar-refractivity contribution in [3.63, 3.8) is 0 Å². The maximum absolute atomic E-state index is 13.7. The molecule has 3 N–H and O–H groups in total. The first-order chi connectivity index (χ1) is 24.8. The number of nitrogens with one attached hydrogen (secondary N) is 3. The Morgan fingerprint density at radius 3 is 2.25 bits per heavy atom. The van der Waals surface area contributed by atoms with Gasteiger partial charge in [-0.3, -0.25) is 14.4 Å². The van der Waals surface area contributed by atoms with Crippen molar-refractivity contribution in [2.24, 2.45) is 0 Å². The number of aromatic nitrogens is 1. The highest BCUT2D eigenvalue weighted by Gasteiger charge is 2.18. The van der Waals surface area contributed by atoms with Gasteiger partial charge < -0.3 is 34.9 Å². The smallest absolute Gasteiger partial charge is 0.272 e. The molecule has 0 radical (unpaired) electrons. The summed E-state index contributed by atoms with van der Waals surface area (Å²) in [6, 6.07) is 26.5. The lowest BCUT2D eigenvalue weighted by Gasteiger charge is -2.15. The van der Waals surface area contributed by atoms with Gasteiger partial charge in [-0.1, -0.05) is 24.3 Å². The van der Waals surface area contributed by atoms with Crippen LogP contribution < -0.4 is 34.9 Å². The Morgan fingerprint density at radius 1 is 0.824 bits per heavy atom. The molecule has 4 aromatic carbocycles. The number of rotatable bonds is 15. The molecule has 0 unspecified atom stereocenters. The molecule has 0 saturated heterocycles. The summed E-state index contributed by atoms with van der Waals surface area (Å²) in [5.74, 6) is 0.875. The molecule has 51 heavy (non-hydrogen) atoms. The fourth-order valence-corrected chi connectivity index (χ4v) is 6.27. The molecule has 0 spiro atoms. The van der Waals surface area contributed by atoms with Gasteiger partial charge >= 0.3 is 0 Å². The molecule has 5 aromatic rings. The topological polar surface area (TPSA) is 137 Å². The van der Waals surface area contributed by atoms with Gasteiger partial charge in [-0.05, 0) is 73.7 Å². The second-order valence-electron chi connectivity index (χ2n) is 10.6. The molecule has 1 aromatic heterocycles. The maximum atomic E-state index is 13.7. The number of ether oxygens (including phenoxy) is 4. The number of carbonyl (C=O) groups is 3. The molecule has 0 saturated carbocycles. The molecule has 5 rings (SSSR count). The lowest BCUT2D eigenvalue weighted by molar-refractivity contribution is -0.114. The number of benzene rings is 4. The van der Waals surface area contributed by atoms with E-state index in [-0.39, 0.29) is 17.4 Å². The number of amides is 3. The van der Waals surface area contributed by atoms with Crippen LogP contribution in [-0.4, -0.2) is 56.4 Å². The van der Waals surface area contributed by atoms with E-state index in [1.165, 1.54) is 50.5 Å². The van der Waals surface area contributed by atoms with Gasteiger partial charge in [0, 0.05) is 38.7 Å². The van der Waals surface area contributed by atoms with Gasteiger partial charge in [0.2, 0.25) is 5.91 Å². The molecular weight excluding hydrogens is 689 g/mol. The molecule has 0 aliphatic carbocycles. The highest BCUT2D eigenvalue weighted by Crippen LogP contribution is 2.36. The van der Waals surface area contributed by atoms with E-state index in [2.05, 4.69) is 20.9 Å². The first-order valence-electron chi connectivity index (χ1n) is 15.7. The van der Waals surface area contributed by atoms with E-state index in [0.29, 0.717) is 45.8 Å². The lowest BCUT2D eigenvalue weighted by Crippen LogP contribution is -2.30. The summed E-state index contributed by atoms with van der Waals surface area (Å²) in [4.78, 5) is 45.0. The Bertz CT molecular complexity index is 2010. The van der Waals surface area contributed by atoms with Crippen LogP contribution in [0.1, 0.15) is 22.8 Å². The zero-order valence-corrected chi connectivity index (χ0v) is 30.0. The van der Waals surface area contributed by atoms with Crippen molar-refractivity contribution < 1.29 is 33.3 Å².